The van der Waals surface area contributed by atoms with Gasteiger partial charge in [0.25, 0.3) is 0 Å². The standard InChI is InChI=1S/C27H27F5/c1-2-3-16-4-8-18(9-5-16)19-13-23(28)22(24(29)14-19)11-7-17-6-10-21-20(12-17)15-25(30)27(32)26(21)31/h6,10,12-16,18H,2-5,7-9,11H2,1H3/t16-,18-. The molecule has 1 aliphatic carbocycles. The van der Waals surface area contributed by atoms with Gasteiger partial charge in [0.15, 0.2) is 17.5 Å². The molecule has 0 atom stereocenters. The van der Waals surface area contributed by atoms with Gasteiger partial charge >= 0.3 is 0 Å². The van der Waals surface area contributed by atoms with Crippen LogP contribution >= 0.6 is 0 Å². The van der Waals surface area contributed by atoms with Crippen LogP contribution in [0.25, 0.3) is 10.8 Å². The zero-order valence-electron chi connectivity index (χ0n) is 18.2. The Kier molecular flexibility index (Phi) is 6.82. The molecule has 1 fully saturated rings. The molecule has 0 unspecified atom stereocenters. The fourth-order valence-electron chi connectivity index (χ4n) is 5.07. The molecule has 3 aromatic carbocycles. The number of benzene rings is 3. The highest BCUT2D eigenvalue weighted by atomic mass is 19.2. The quantitative estimate of drug-likeness (QED) is 0.263. The molecule has 0 radical (unpaired) electrons. The van der Waals surface area contributed by atoms with Crippen LogP contribution < -0.4 is 0 Å². The predicted molar refractivity (Wildman–Crippen MR) is 117 cm³/mol. The number of rotatable bonds is 6. The third kappa shape index (κ3) is 4.67. The average Bonchev–Trinajstić information content (AvgIpc) is 2.77. The third-order valence-corrected chi connectivity index (χ3v) is 6.88. The van der Waals surface area contributed by atoms with E-state index in [9.17, 15) is 22.0 Å². The molecule has 0 heterocycles. The summed E-state index contributed by atoms with van der Waals surface area (Å²) < 4.78 is 70.4. The van der Waals surface area contributed by atoms with Crippen molar-refractivity contribution in [2.24, 2.45) is 5.92 Å². The fourth-order valence-corrected chi connectivity index (χ4v) is 5.07. The summed E-state index contributed by atoms with van der Waals surface area (Å²) in [5.74, 6) is -4.16. The first-order chi connectivity index (χ1) is 15.4. The maximum atomic E-state index is 14.8. The molecule has 0 amide bonds. The molecule has 0 saturated heterocycles. The monoisotopic (exact) mass is 446 g/mol. The van der Waals surface area contributed by atoms with Crippen LogP contribution in [0, 0.1) is 35.0 Å². The smallest absolute Gasteiger partial charge is 0.195 e. The molecule has 0 N–H and O–H groups in total. The maximum absolute atomic E-state index is 14.8. The van der Waals surface area contributed by atoms with E-state index in [2.05, 4.69) is 6.92 Å². The maximum Gasteiger partial charge on any atom is 0.195 e. The molecule has 0 aromatic heterocycles. The van der Waals surface area contributed by atoms with Crippen molar-refractivity contribution in [1.82, 2.24) is 0 Å². The molecule has 1 saturated carbocycles. The molecule has 3 aromatic rings. The largest absolute Gasteiger partial charge is 0.207 e. The highest BCUT2D eigenvalue weighted by molar-refractivity contribution is 5.84. The summed E-state index contributed by atoms with van der Waals surface area (Å²) in [6.07, 6.45) is 6.96. The second-order valence-electron chi connectivity index (χ2n) is 9.01. The number of hydrogen-bond donors (Lipinski definition) is 0. The second kappa shape index (κ2) is 9.60. The van der Waals surface area contributed by atoms with Gasteiger partial charge in [-0.15, -0.1) is 0 Å². The topological polar surface area (TPSA) is 0 Å². The van der Waals surface area contributed by atoms with Crippen LogP contribution in [0.4, 0.5) is 22.0 Å². The first-order valence-corrected chi connectivity index (χ1v) is 11.4. The normalized spacial score (nSPS) is 18.9. The molecule has 0 bridgehead atoms. The van der Waals surface area contributed by atoms with Gasteiger partial charge in [0, 0.05) is 10.9 Å². The predicted octanol–water partition coefficient (Wildman–Crippen LogP) is 8.39. The lowest BCUT2D eigenvalue weighted by Gasteiger charge is -2.29. The lowest BCUT2D eigenvalue weighted by molar-refractivity contribution is 0.307. The van der Waals surface area contributed by atoms with Gasteiger partial charge in [-0.1, -0.05) is 38.0 Å². The van der Waals surface area contributed by atoms with Crippen molar-refractivity contribution in [3.63, 3.8) is 0 Å². The third-order valence-electron chi connectivity index (χ3n) is 6.88. The number of halogens is 5. The SMILES string of the molecule is CCC[C@H]1CC[C@H](c2cc(F)c(CCc3ccc4c(F)c(F)c(F)cc4c3)c(F)c2)CC1. The van der Waals surface area contributed by atoms with Crippen molar-refractivity contribution < 1.29 is 22.0 Å². The van der Waals surface area contributed by atoms with Crippen LogP contribution in [0.3, 0.4) is 0 Å². The van der Waals surface area contributed by atoms with Gasteiger partial charge in [-0.25, -0.2) is 22.0 Å². The van der Waals surface area contributed by atoms with E-state index in [1.807, 2.05) is 0 Å². The Morgan fingerprint density at radius 2 is 1.44 bits per heavy atom. The Bertz CT molecular complexity index is 1090. The fraction of sp³-hybridized carbons (Fsp3) is 0.407. The van der Waals surface area contributed by atoms with Gasteiger partial charge in [-0.05, 0) is 85.1 Å². The average molecular weight is 447 g/mol. The number of aryl methyl sites for hydroxylation is 1. The van der Waals surface area contributed by atoms with Gasteiger partial charge in [-0.2, -0.15) is 0 Å². The summed E-state index contributed by atoms with van der Waals surface area (Å²) >= 11 is 0. The van der Waals surface area contributed by atoms with E-state index in [0.717, 1.165) is 43.2 Å². The highest BCUT2D eigenvalue weighted by Crippen LogP contribution is 2.38. The first kappa shape index (κ1) is 22.8. The van der Waals surface area contributed by atoms with Gasteiger partial charge in [-0.3, -0.25) is 0 Å². The van der Waals surface area contributed by atoms with Gasteiger partial charge in [0.05, 0.1) is 0 Å². The van der Waals surface area contributed by atoms with Crippen molar-refractivity contribution in [1.29, 1.82) is 0 Å². The van der Waals surface area contributed by atoms with E-state index >= 15 is 0 Å². The van der Waals surface area contributed by atoms with Crippen LogP contribution in [0.5, 0.6) is 0 Å². The number of hydrogen-bond acceptors (Lipinski definition) is 0. The van der Waals surface area contributed by atoms with Gasteiger partial charge < -0.3 is 0 Å². The summed E-state index contributed by atoms with van der Waals surface area (Å²) in [6.45, 7) is 2.18. The summed E-state index contributed by atoms with van der Waals surface area (Å²) in [5.41, 5.74) is 1.42. The Hall–Kier alpha value is -2.43. The van der Waals surface area contributed by atoms with Crippen molar-refractivity contribution in [2.75, 3.05) is 0 Å². The minimum atomic E-state index is -1.51. The summed E-state index contributed by atoms with van der Waals surface area (Å²) in [4.78, 5) is 0. The lowest BCUT2D eigenvalue weighted by atomic mass is 9.77. The molecule has 0 spiro atoms. The van der Waals surface area contributed by atoms with Crippen molar-refractivity contribution in [3.8, 4) is 0 Å². The van der Waals surface area contributed by atoms with E-state index in [1.54, 1.807) is 6.07 Å². The summed E-state index contributed by atoms with van der Waals surface area (Å²) in [5, 5.41) is 0.192. The molecule has 5 heteroatoms. The second-order valence-corrected chi connectivity index (χ2v) is 9.01. The van der Waals surface area contributed by atoms with Crippen LogP contribution in [0.15, 0.2) is 36.4 Å². The molecule has 4 rings (SSSR count). The van der Waals surface area contributed by atoms with Crippen molar-refractivity contribution >= 4 is 10.8 Å². The van der Waals surface area contributed by atoms with Gasteiger partial charge in [0.1, 0.15) is 11.6 Å². The zero-order valence-corrected chi connectivity index (χ0v) is 18.2. The van der Waals surface area contributed by atoms with E-state index in [1.165, 1.54) is 37.1 Å². The van der Waals surface area contributed by atoms with Gasteiger partial charge in [0.2, 0.25) is 0 Å². The van der Waals surface area contributed by atoms with E-state index in [-0.39, 0.29) is 28.7 Å². The van der Waals surface area contributed by atoms with E-state index < -0.39 is 29.1 Å². The van der Waals surface area contributed by atoms with Crippen LogP contribution in [-0.2, 0) is 12.8 Å². The Morgan fingerprint density at radius 3 is 2.09 bits per heavy atom. The van der Waals surface area contributed by atoms with Crippen LogP contribution in [0.1, 0.15) is 68.1 Å². The first-order valence-electron chi connectivity index (χ1n) is 11.4. The highest BCUT2D eigenvalue weighted by Gasteiger charge is 2.24. The molecule has 32 heavy (non-hydrogen) atoms. The summed E-state index contributed by atoms with van der Waals surface area (Å²) in [6, 6.07) is 8.34. The Morgan fingerprint density at radius 1 is 0.750 bits per heavy atom. The lowest BCUT2D eigenvalue weighted by Crippen LogP contribution is -2.14. The minimum absolute atomic E-state index is 0.0185. The minimum Gasteiger partial charge on any atom is -0.207 e. The molecule has 0 aliphatic heterocycles. The zero-order chi connectivity index (χ0) is 22.8. The Labute approximate surface area is 185 Å². The molecular formula is C27H27F5. The van der Waals surface area contributed by atoms with Crippen molar-refractivity contribution in [3.05, 3.63) is 82.2 Å². The van der Waals surface area contributed by atoms with Crippen molar-refractivity contribution in [2.45, 2.75) is 64.2 Å². The van der Waals surface area contributed by atoms with E-state index in [0.29, 0.717) is 12.0 Å². The number of fused-ring (bicyclic) bond motifs is 1. The molecule has 1 aliphatic rings. The van der Waals surface area contributed by atoms with Crippen LogP contribution in [-0.4, -0.2) is 0 Å². The van der Waals surface area contributed by atoms with Crippen LogP contribution in [0.2, 0.25) is 0 Å². The molecular weight excluding hydrogens is 419 g/mol. The molecule has 170 valence electrons. The summed E-state index contributed by atoms with van der Waals surface area (Å²) in [7, 11) is 0. The molecule has 0 nitrogen and oxygen atoms in total. The van der Waals surface area contributed by atoms with E-state index in [4.69, 9.17) is 0 Å². The Balaban J connectivity index is 1.47.